The van der Waals surface area contributed by atoms with E-state index in [9.17, 15) is 9.18 Å². The fourth-order valence-corrected chi connectivity index (χ4v) is 3.23. The second-order valence-corrected chi connectivity index (χ2v) is 6.55. The molecule has 0 aliphatic heterocycles. The summed E-state index contributed by atoms with van der Waals surface area (Å²) in [4.78, 5) is 13.4. The normalized spacial score (nSPS) is 11.4. The third-order valence-corrected chi connectivity index (χ3v) is 4.73. The molecule has 26 heavy (non-hydrogen) atoms. The van der Waals surface area contributed by atoms with Gasteiger partial charge in [0.2, 0.25) is 0 Å². The number of amides is 1. The zero-order valence-corrected chi connectivity index (χ0v) is 14.3. The number of hydrogen-bond donors (Lipinski definition) is 2. The summed E-state index contributed by atoms with van der Waals surface area (Å²) in [6, 6.07) is 10.4. The van der Waals surface area contributed by atoms with E-state index in [1.807, 2.05) is 23.6 Å². The van der Waals surface area contributed by atoms with Crippen molar-refractivity contribution in [3.05, 3.63) is 75.8 Å². The van der Waals surface area contributed by atoms with Gasteiger partial charge in [-0.2, -0.15) is 5.10 Å². The van der Waals surface area contributed by atoms with Gasteiger partial charge in [-0.25, -0.2) is 4.39 Å². The summed E-state index contributed by atoms with van der Waals surface area (Å²) >= 11 is 1.58. The Bertz CT molecular complexity index is 1070. The molecule has 1 aromatic carbocycles. The molecule has 0 radical (unpaired) electrons. The number of halogens is 1. The standard InChI is InChI=1S/C19H14FN3O2S/c20-18-14(19(24)21-11-12-3-1-9-25-12)6-8-16-17(18)15(22-23-16)7-5-13-4-2-10-26-13/h1-10H,11H2,(H,21,24)(H,22,23)/b7-5+. The van der Waals surface area contributed by atoms with Crippen molar-refractivity contribution in [2.75, 3.05) is 0 Å². The highest BCUT2D eigenvalue weighted by molar-refractivity contribution is 7.10. The van der Waals surface area contributed by atoms with E-state index in [0.717, 1.165) is 4.88 Å². The lowest BCUT2D eigenvalue weighted by Crippen LogP contribution is -2.23. The summed E-state index contributed by atoms with van der Waals surface area (Å²) in [6.45, 7) is 0.194. The van der Waals surface area contributed by atoms with Gasteiger partial charge >= 0.3 is 0 Å². The average molecular weight is 367 g/mol. The number of rotatable bonds is 5. The fraction of sp³-hybridized carbons (Fsp3) is 0.0526. The first-order valence-electron chi connectivity index (χ1n) is 7.91. The van der Waals surface area contributed by atoms with Crippen LogP contribution in [-0.2, 0) is 6.54 Å². The number of aromatic nitrogens is 2. The highest BCUT2D eigenvalue weighted by atomic mass is 32.1. The van der Waals surface area contributed by atoms with Crippen LogP contribution in [0.4, 0.5) is 4.39 Å². The molecule has 3 aromatic heterocycles. The van der Waals surface area contributed by atoms with Crippen LogP contribution in [0.5, 0.6) is 0 Å². The Morgan fingerprint density at radius 2 is 2.19 bits per heavy atom. The quantitative estimate of drug-likeness (QED) is 0.547. The number of carbonyl (C=O) groups is 1. The molecule has 5 nitrogen and oxygen atoms in total. The van der Waals surface area contributed by atoms with Crippen molar-refractivity contribution in [3.63, 3.8) is 0 Å². The molecule has 3 heterocycles. The van der Waals surface area contributed by atoms with E-state index in [1.165, 1.54) is 12.3 Å². The number of hydrogen-bond acceptors (Lipinski definition) is 4. The molecule has 0 saturated heterocycles. The molecule has 130 valence electrons. The van der Waals surface area contributed by atoms with Crippen LogP contribution in [0, 0.1) is 5.82 Å². The first-order chi connectivity index (χ1) is 12.7. The van der Waals surface area contributed by atoms with Crippen molar-refractivity contribution in [1.29, 1.82) is 0 Å². The Balaban J connectivity index is 1.63. The summed E-state index contributed by atoms with van der Waals surface area (Å²) < 4.78 is 20.1. The lowest BCUT2D eigenvalue weighted by molar-refractivity contribution is 0.0944. The van der Waals surface area contributed by atoms with Gasteiger partial charge in [0.25, 0.3) is 5.91 Å². The van der Waals surface area contributed by atoms with Crippen LogP contribution in [-0.4, -0.2) is 16.1 Å². The maximum Gasteiger partial charge on any atom is 0.254 e. The summed E-state index contributed by atoms with van der Waals surface area (Å²) in [5, 5.41) is 11.8. The third-order valence-electron chi connectivity index (χ3n) is 3.89. The molecule has 1 amide bonds. The SMILES string of the molecule is O=C(NCc1ccco1)c1ccc2n[nH]c(/C=C/c3cccs3)c2c1F. The zero-order valence-electron chi connectivity index (χ0n) is 13.5. The minimum Gasteiger partial charge on any atom is -0.467 e. The molecule has 0 saturated carbocycles. The van der Waals surface area contributed by atoms with Gasteiger partial charge in [0.15, 0.2) is 0 Å². The van der Waals surface area contributed by atoms with E-state index in [-0.39, 0.29) is 12.1 Å². The van der Waals surface area contributed by atoms with Crippen molar-refractivity contribution in [2.45, 2.75) is 6.54 Å². The van der Waals surface area contributed by atoms with Gasteiger partial charge in [-0.1, -0.05) is 6.07 Å². The van der Waals surface area contributed by atoms with Crippen LogP contribution in [0.25, 0.3) is 23.1 Å². The third kappa shape index (κ3) is 3.16. The second kappa shape index (κ2) is 6.97. The van der Waals surface area contributed by atoms with Gasteiger partial charge in [0.05, 0.1) is 35.0 Å². The van der Waals surface area contributed by atoms with Crippen molar-refractivity contribution >= 4 is 40.3 Å². The molecular formula is C19H14FN3O2S. The predicted molar refractivity (Wildman–Crippen MR) is 99.2 cm³/mol. The van der Waals surface area contributed by atoms with E-state index in [4.69, 9.17) is 4.42 Å². The molecule has 0 aliphatic carbocycles. The molecule has 2 N–H and O–H groups in total. The van der Waals surface area contributed by atoms with Crippen LogP contribution < -0.4 is 5.32 Å². The Morgan fingerprint density at radius 1 is 1.27 bits per heavy atom. The number of thiophene rings is 1. The van der Waals surface area contributed by atoms with E-state index in [0.29, 0.717) is 22.4 Å². The molecule has 0 atom stereocenters. The Morgan fingerprint density at radius 3 is 2.96 bits per heavy atom. The van der Waals surface area contributed by atoms with Crippen molar-refractivity contribution in [2.24, 2.45) is 0 Å². The topological polar surface area (TPSA) is 70.9 Å². The largest absolute Gasteiger partial charge is 0.467 e. The molecular weight excluding hydrogens is 353 g/mol. The van der Waals surface area contributed by atoms with Crippen LogP contribution in [0.1, 0.15) is 26.7 Å². The molecule has 4 rings (SSSR count). The number of H-pyrrole nitrogens is 1. The first-order valence-corrected chi connectivity index (χ1v) is 8.79. The lowest BCUT2D eigenvalue weighted by Gasteiger charge is -2.05. The zero-order chi connectivity index (χ0) is 17.9. The highest BCUT2D eigenvalue weighted by Crippen LogP contribution is 2.25. The number of benzene rings is 1. The Labute approximate surface area is 152 Å². The first kappa shape index (κ1) is 16.3. The van der Waals surface area contributed by atoms with Crippen molar-refractivity contribution in [3.8, 4) is 0 Å². The second-order valence-electron chi connectivity index (χ2n) is 5.57. The number of furan rings is 1. The molecule has 0 fully saturated rings. The highest BCUT2D eigenvalue weighted by Gasteiger charge is 2.18. The number of fused-ring (bicyclic) bond motifs is 1. The van der Waals surface area contributed by atoms with Gasteiger partial charge < -0.3 is 9.73 Å². The Kier molecular flexibility index (Phi) is 4.37. The minimum atomic E-state index is -0.598. The maximum absolute atomic E-state index is 15.0. The van der Waals surface area contributed by atoms with E-state index in [2.05, 4.69) is 15.5 Å². The van der Waals surface area contributed by atoms with Crippen LogP contribution in [0.15, 0.2) is 52.5 Å². The monoisotopic (exact) mass is 367 g/mol. The summed E-state index contributed by atoms with van der Waals surface area (Å²) in [5.74, 6) is -0.503. The van der Waals surface area contributed by atoms with E-state index >= 15 is 0 Å². The number of aromatic amines is 1. The van der Waals surface area contributed by atoms with Crippen LogP contribution in [0.3, 0.4) is 0 Å². The van der Waals surface area contributed by atoms with Gasteiger partial charge in [0, 0.05) is 4.88 Å². The summed E-state index contributed by atoms with van der Waals surface area (Å²) in [7, 11) is 0. The predicted octanol–water partition coefficient (Wildman–Crippen LogP) is 4.46. The van der Waals surface area contributed by atoms with E-state index < -0.39 is 11.7 Å². The molecule has 7 heteroatoms. The van der Waals surface area contributed by atoms with Gasteiger partial charge in [-0.05, 0) is 47.9 Å². The van der Waals surface area contributed by atoms with Crippen molar-refractivity contribution < 1.29 is 13.6 Å². The Hall–Kier alpha value is -3.19. The summed E-state index contributed by atoms with van der Waals surface area (Å²) in [5.41, 5.74) is 0.957. The molecule has 4 aromatic rings. The fourth-order valence-electron chi connectivity index (χ4n) is 2.61. The molecule has 0 bridgehead atoms. The summed E-state index contributed by atoms with van der Waals surface area (Å²) in [6.07, 6.45) is 5.15. The van der Waals surface area contributed by atoms with Gasteiger partial charge in [0.1, 0.15) is 11.6 Å². The number of nitrogens with one attached hydrogen (secondary N) is 2. The van der Waals surface area contributed by atoms with Crippen molar-refractivity contribution in [1.82, 2.24) is 15.5 Å². The maximum atomic E-state index is 15.0. The number of carbonyl (C=O) groups excluding carboxylic acids is 1. The average Bonchev–Trinajstić information content (AvgIpc) is 3.39. The van der Waals surface area contributed by atoms with Gasteiger partial charge in [-0.15, -0.1) is 11.3 Å². The number of nitrogens with zero attached hydrogens (tertiary/aromatic N) is 1. The van der Waals surface area contributed by atoms with Gasteiger partial charge in [-0.3, -0.25) is 9.89 Å². The molecule has 0 aliphatic rings. The lowest BCUT2D eigenvalue weighted by atomic mass is 10.1. The molecule has 0 unspecified atom stereocenters. The van der Waals surface area contributed by atoms with Crippen LogP contribution in [0.2, 0.25) is 0 Å². The van der Waals surface area contributed by atoms with E-state index in [1.54, 1.807) is 35.6 Å². The van der Waals surface area contributed by atoms with Crippen LogP contribution >= 0.6 is 11.3 Å². The minimum absolute atomic E-state index is 0.0313. The molecule has 0 spiro atoms. The smallest absolute Gasteiger partial charge is 0.254 e.